The van der Waals surface area contributed by atoms with Crippen molar-refractivity contribution in [1.29, 1.82) is 0 Å². The van der Waals surface area contributed by atoms with Crippen molar-refractivity contribution in [3.63, 3.8) is 0 Å². The summed E-state index contributed by atoms with van der Waals surface area (Å²) in [6.07, 6.45) is 3.94. The van der Waals surface area contributed by atoms with Crippen LogP contribution in [0.1, 0.15) is 25.2 Å². The van der Waals surface area contributed by atoms with E-state index in [0.717, 1.165) is 5.56 Å². The van der Waals surface area contributed by atoms with Crippen LogP contribution in [0.25, 0.3) is 0 Å². The van der Waals surface area contributed by atoms with Gasteiger partial charge >= 0.3 is 5.97 Å². The normalized spacial score (nSPS) is 11.5. The van der Waals surface area contributed by atoms with E-state index in [-0.39, 0.29) is 6.54 Å². The highest BCUT2D eigenvalue weighted by molar-refractivity contribution is 5.73. The molecule has 0 radical (unpaired) electrons. The molecule has 2 aromatic heterocycles. The van der Waals surface area contributed by atoms with Crippen LogP contribution in [-0.2, 0) is 17.8 Å². The van der Waals surface area contributed by atoms with Gasteiger partial charge < -0.3 is 5.11 Å². The molecule has 0 atom stereocenters. The Kier molecular flexibility index (Phi) is 3.55. The lowest BCUT2D eigenvalue weighted by Gasteiger charge is -2.19. The third-order valence-corrected chi connectivity index (χ3v) is 2.84. The monoisotopic (exact) mass is 261 g/mol. The zero-order valence-corrected chi connectivity index (χ0v) is 10.8. The molecular formula is C12H15N5O2. The van der Waals surface area contributed by atoms with Crippen molar-refractivity contribution in [3.05, 3.63) is 35.9 Å². The average Bonchev–Trinajstić information content (AvgIpc) is 2.77. The molecule has 0 aliphatic carbocycles. The van der Waals surface area contributed by atoms with Gasteiger partial charge in [0.15, 0.2) is 5.82 Å². The quantitative estimate of drug-likeness (QED) is 0.854. The molecule has 19 heavy (non-hydrogen) atoms. The van der Waals surface area contributed by atoms with Crippen molar-refractivity contribution in [2.24, 2.45) is 5.41 Å². The van der Waals surface area contributed by atoms with Crippen LogP contribution in [0.15, 0.2) is 24.5 Å². The van der Waals surface area contributed by atoms with Crippen LogP contribution in [0, 0.1) is 5.41 Å². The average molecular weight is 261 g/mol. The molecule has 1 N–H and O–H groups in total. The Hall–Kier alpha value is -2.31. The molecule has 7 nitrogen and oxygen atoms in total. The summed E-state index contributed by atoms with van der Waals surface area (Å²) in [5.74, 6) is -0.238. The molecule has 0 spiro atoms. The summed E-state index contributed by atoms with van der Waals surface area (Å²) in [5, 5.41) is 20.5. The molecule has 0 amide bonds. The van der Waals surface area contributed by atoms with E-state index in [2.05, 4.69) is 20.5 Å². The van der Waals surface area contributed by atoms with Crippen LogP contribution in [0.2, 0.25) is 0 Å². The molecule has 0 bridgehead atoms. The van der Waals surface area contributed by atoms with Crippen LogP contribution in [0.4, 0.5) is 0 Å². The van der Waals surface area contributed by atoms with Crippen molar-refractivity contribution in [1.82, 2.24) is 25.2 Å². The van der Waals surface area contributed by atoms with Gasteiger partial charge in [0, 0.05) is 18.8 Å². The number of aromatic nitrogens is 5. The molecule has 0 aromatic carbocycles. The van der Waals surface area contributed by atoms with Crippen molar-refractivity contribution in [3.8, 4) is 0 Å². The van der Waals surface area contributed by atoms with Crippen LogP contribution >= 0.6 is 0 Å². The molecular weight excluding hydrogens is 246 g/mol. The molecule has 0 unspecified atom stereocenters. The molecule has 2 aromatic rings. The lowest BCUT2D eigenvalue weighted by Crippen LogP contribution is -2.30. The highest BCUT2D eigenvalue weighted by Crippen LogP contribution is 2.18. The predicted molar refractivity (Wildman–Crippen MR) is 66.3 cm³/mol. The van der Waals surface area contributed by atoms with Gasteiger partial charge in [0.2, 0.25) is 0 Å². The van der Waals surface area contributed by atoms with Gasteiger partial charge in [-0.2, -0.15) is 0 Å². The highest BCUT2D eigenvalue weighted by atomic mass is 16.4. The van der Waals surface area contributed by atoms with Gasteiger partial charge in [0.05, 0.1) is 12.0 Å². The zero-order chi connectivity index (χ0) is 13.9. The molecule has 0 aliphatic heterocycles. The minimum absolute atomic E-state index is 0.232. The number of aliphatic carboxylic acids is 1. The van der Waals surface area contributed by atoms with Crippen molar-refractivity contribution >= 4 is 5.97 Å². The topological polar surface area (TPSA) is 93.8 Å². The first-order chi connectivity index (χ1) is 8.99. The fraction of sp³-hybridized carbons (Fsp3) is 0.417. The minimum atomic E-state index is -0.914. The van der Waals surface area contributed by atoms with Gasteiger partial charge in [0.1, 0.15) is 0 Å². The number of carboxylic acid groups (broad SMARTS) is 1. The van der Waals surface area contributed by atoms with Gasteiger partial charge in [-0.05, 0) is 42.0 Å². The van der Waals surface area contributed by atoms with Gasteiger partial charge in [-0.25, -0.2) is 4.68 Å². The molecule has 0 saturated heterocycles. The van der Waals surface area contributed by atoms with Crippen molar-refractivity contribution in [2.45, 2.75) is 26.8 Å². The second kappa shape index (κ2) is 5.13. The van der Waals surface area contributed by atoms with Crippen LogP contribution in [0.3, 0.4) is 0 Å². The molecule has 100 valence electrons. The van der Waals surface area contributed by atoms with E-state index >= 15 is 0 Å². The summed E-state index contributed by atoms with van der Waals surface area (Å²) < 4.78 is 1.54. The Morgan fingerprint density at radius 3 is 2.68 bits per heavy atom. The first-order valence-corrected chi connectivity index (χ1v) is 5.86. The Bertz CT molecular complexity index is 565. The van der Waals surface area contributed by atoms with Crippen LogP contribution < -0.4 is 0 Å². The fourth-order valence-corrected chi connectivity index (χ4v) is 1.60. The largest absolute Gasteiger partial charge is 0.481 e. The summed E-state index contributed by atoms with van der Waals surface area (Å²) >= 11 is 0. The molecule has 7 heteroatoms. The maximum Gasteiger partial charge on any atom is 0.310 e. The first kappa shape index (κ1) is 13.1. The number of nitrogens with zero attached hydrogens (tertiary/aromatic N) is 5. The standard InChI is InChI=1S/C12H15N5O2/c1-12(2,11(18)19)8-17-10(14-15-16-17)7-9-3-5-13-6-4-9/h3-6H,7-8H2,1-2H3,(H,18,19). The Balaban J connectivity index is 2.17. The Labute approximate surface area is 110 Å². The highest BCUT2D eigenvalue weighted by Gasteiger charge is 2.29. The van der Waals surface area contributed by atoms with E-state index in [4.69, 9.17) is 5.11 Å². The summed E-state index contributed by atoms with van der Waals surface area (Å²) in [4.78, 5) is 15.1. The number of rotatable bonds is 5. The third kappa shape index (κ3) is 3.12. The molecule has 0 aliphatic rings. The zero-order valence-electron chi connectivity index (χ0n) is 10.8. The number of carboxylic acids is 1. The van der Waals surface area contributed by atoms with E-state index in [9.17, 15) is 4.79 Å². The van der Waals surface area contributed by atoms with Gasteiger partial charge in [-0.1, -0.05) is 0 Å². The lowest BCUT2D eigenvalue weighted by atomic mass is 9.94. The summed E-state index contributed by atoms with van der Waals surface area (Å²) in [6, 6.07) is 3.75. The predicted octanol–water partition coefficient (Wildman–Crippen LogP) is 0.770. The van der Waals surface area contributed by atoms with Crippen LogP contribution in [0.5, 0.6) is 0 Å². The van der Waals surface area contributed by atoms with E-state index in [1.165, 1.54) is 4.68 Å². The number of pyridine rings is 1. The maximum atomic E-state index is 11.1. The number of tetrazole rings is 1. The molecule has 0 fully saturated rings. The fourth-order valence-electron chi connectivity index (χ4n) is 1.60. The second-order valence-corrected chi connectivity index (χ2v) is 4.97. The van der Waals surface area contributed by atoms with Crippen molar-refractivity contribution in [2.75, 3.05) is 0 Å². The number of hydrogen-bond acceptors (Lipinski definition) is 5. The van der Waals surface area contributed by atoms with Gasteiger partial charge in [-0.15, -0.1) is 5.10 Å². The Morgan fingerprint density at radius 2 is 2.05 bits per heavy atom. The molecule has 0 saturated carbocycles. The number of hydrogen-bond donors (Lipinski definition) is 1. The minimum Gasteiger partial charge on any atom is -0.481 e. The lowest BCUT2D eigenvalue weighted by molar-refractivity contribution is -0.147. The summed E-state index contributed by atoms with van der Waals surface area (Å²) in [5.41, 5.74) is 0.113. The van der Waals surface area contributed by atoms with E-state index in [0.29, 0.717) is 12.2 Å². The van der Waals surface area contributed by atoms with E-state index in [1.807, 2.05) is 12.1 Å². The van der Waals surface area contributed by atoms with Gasteiger partial charge in [0.25, 0.3) is 0 Å². The number of carbonyl (C=O) groups is 1. The maximum absolute atomic E-state index is 11.1. The van der Waals surface area contributed by atoms with E-state index < -0.39 is 11.4 Å². The Morgan fingerprint density at radius 1 is 1.37 bits per heavy atom. The SMILES string of the molecule is CC(C)(Cn1nnnc1Cc1ccncc1)C(=O)O. The van der Waals surface area contributed by atoms with Crippen LogP contribution in [-0.4, -0.2) is 36.3 Å². The third-order valence-electron chi connectivity index (χ3n) is 2.84. The summed E-state index contributed by atoms with van der Waals surface area (Å²) in [7, 11) is 0. The second-order valence-electron chi connectivity index (χ2n) is 4.97. The smallest absolute Gasteiger partial charge is 0.310 e. The summed E-state index contributed by atoms with van der Waals surface area (Å²) in [6.45, 7) is 3.52. The first-order valence-electron chi connectivity index (χ1n) is 5.86. The molecule has 2 heterocycles. The molecule has 2 rings (SSSR count). The van der Waals surface area contributed by atoms with E-state index in [1.54, 1.807) is 26.2 Å². The van der Waals surface area contributed by atoms with Gasteiger partial charge in [-0.3, -0.25) is 9.78 Å². The van der Waals surface area contributed by atoms with Crippen molar-refractivity contribution < 1.29 is 9.90 Å².